The average molecular weight is 358 g/mol. The van der Waals surface area contributed by atoms with Crippen LogP contribution in [0.2, 0.25) is 0 Å². The second-order valence-corrected chi connectivity index (χ2v) is 4.54. The molecule has 1 aromatic rings. The molecule has 94 valence electrons. The third-order valence-corrected chi connectivity index (χ3v) is 2.66. The highest BCUT2D eigenvalue weighted by atomic mass is 127. The van der Waals surface area contributed by atoms with Gasteiger partial charge in [0.1, 0.15) is 6.42 Å². The number of hydrogen-bond donors (Lipinski definition) is 1. The number of anilines is 1. The van der Waals surface area contributed by atoms with E-state index in [0.29, 0.717) is 5.69 Å². The van der Waals surface area contributed by atoms with Crippen LogP contribution in [0.1, 0.15) is 23.7 Å². The average Bonchev–Trinajstić information content (AvgIpc) is 2.32. The normalized spacial score (nSPS) is 9.39. The molecule has 0 unspecified atom stereocenters. The first-order valence-corrected chi connectivity index (χ1v) is 6.29. The zero-order chi connectivity index (χ0) is 13.5. The lowest BCUT2D eigenvalue weighted by Gasteiger charge is -2.09. The van der Waals surface area contributed by atoms with Gasteiger partial charge in [-0.15, -0.1) is 0 Å². The number of rotatable bonds is 4. The van der Waals surface area contributed by atoms with E-state index in [1.165, 1.54) is 0 Å². The second kappa shape index (κ2) is 6.96. The first-order chi connectivity index (χ1) is 8.58. The molecule has 0 saturated carbocycles. The van der Waals surface area contributed by atoms with Crippen molar-refractivity contribution < 1.29 is 14.3 Å². The number of amides is 1. The molecule has 0 radical (unpaired) electrons. The predicted molar refractivity (Wildman–Crippen MR) is 74.0 cm³/mol. The van der Waals surface area contributed by atoms with Gasteiger partial charge in [-0.3, -0.25) is 4.79 Å². The van der Waals surface area contributed by atoms with Crippen molar-refractivity contribution in [1.29, 1.82) is 5.26 Å². The summed E-state index contributed by atoms with van der Waals surface area (Å²) in [5.41, 5.74) is 0.643. The summed E-state index contributed by atoms with van der Waals surface area (Å²) in [5.74, 6) is -0.951. The molecule has 0 aromatic heterocycles. The molecular formula is C12H11IN2O3. The topological polar surface area (TPSA) is 79.2 Å². The number of nitrogens with zero attached hydrogens (tertiary/aromatic N) is 1. The summed E-state index contributed by atoms with van der Waals surface area (Å²) in [5, 5.41) is 10.9. The van der Waals surface area contributed by atoms with Gasteiger partial charge >= 0.3 is 5.97 Å². The molecule has 0 saturated heterocycles. The summed E-state index contributed by atoms with van der Waals surface area (Å²) in [6.07, 6.45) is -0.256. The van der Waals surface area contributed by atoms with Crippen LogP contribution in [0.25, 0.3) is 0 Å². The Labute approximate surface area is 118 Å². The van der Waals surface area contributed by atoms with Crippen LogP contribution >= 0.6 is 22.6 Å². The molecule has 5 nitrogen and oxygen atoms in total. The van der Waals surface area contributed by atoms with Gasteiger partial charge in [-0.1, -0.05) is 0 Å². The van der Waals surface area contributed by atoms with Gasteiger partial charge < -0.3 is 10.1 Å². The van der Waals surface area contributed by atoms with Crippen LogP contribution in [-0.2, 0) is 9.53 Å². The first kappa shape index (κ1) is 14.4. The molecule has 0 spiro atoms. The number of nitriles is 1. The Bertz CT molecular complexity index is 509. The number of carbonyl (C=O) groups is 2. The van der Waals surface area contributed by atoms with E-state index < -0.39 is 11.9 Å². The van der Waals surface area contributed by atoms with Crippen molar-refractivity contribution in [1.82, 2.24) is 0 Å². The molecule has 1 N–H and O–H groups in total. The highest BCUT2D eigenvalue weighted by Crippen LogP contribution is 2.20. The standard InChI is InChI=1S/C12H11IN2O3/c1-2-18-12(17)9-7-8(13)3-4-10(9)15-11(16)5-6-14/h3-4,7H,2,5H2,1H3,(H,15,16). The molecule has 18 heavy (non-hydrogen) atoms. The summed E-state index contributed by atoms with van der Waals surface area (Å²) >= 11 is 2.06. The monoisotopic (exact) mass is 358 g/mol. The van der Waals surface area contributed by atoms with Crippen molar-refractivity contribution in [2.75, 3.05) is 11.9 Å². The molecule has 6 heteroatoms. The van der Waals surface area contributed by atoms with Crippen LogP contribution in [0.4, 0.5) is 5.69 Å². The van der Waals surface area contributed by atoms with Gasteiger partial charge in [-0.25, -0.2) is 4.79 Å². The zero-order valence-electron chi connectivity index (χ0n) is 9.70. The molecular weight excluding hydrogens is 347 g/mol. The van der Waals surface area contributed by atoms with Crippen LogP contribution in [0.3, 0.4) is 0 Å². The van der Waals surface area contributed by atoms with Gasteiger partial charge in [-0.05, 0) is 47.7 Å². The minimum atomic E-state index is -0.497. The number of ether oxygens (including phenoxy) is 1. The maximum Gasteiger partial charge on any atom is 0.340 e. The summed E-state index contributed by atoms with van der Waals surface area (Å²) in [7, 11) is 0. The first-order valence-electron chi connectivity index (χ1n) is 5.22. The van der Waals surface area contributed by atoms with E-state index in [1.54, 1.807) is 31.2 Å². The molecule has 0 heterocycles. The molecule has 0 aliphatic carbocycles. The van der Waals surface area contributed by atoms with E-state index in [0.717, 1.165) is 3.57 Å². The molecule has 1 aromatic carbocycles. The highest BCUT2D eigenvalue weighted by Gasteiger charge is 2.14. The van der Waals surface area contributed by atoms with Gasteiger partial charge in [0.25, 0.3) is 0 Å². The van der Waals surface area contributed by atoms with Crippen LogP contribution in [0, 0.1) is 14.9 Å². The third kappa shape index (κ3) is 4.00. The minimum Gasteiger partial charge on any atom is -0.462 e. The van der Waals surface area contributed by atoms with Crippen LogP contribution in [0.5, 0.6) is 0 Å². The van der Waals surface area contributed by atoms with Crippen molar-refractivity contribution in [3.8, 4) is 6.07 Å². The Morgan fingerprint density at radius 2 is 2.22 bits per heavy atom. The Kier molecular flexibility index (Phi) is 5.58. The maximum atomic E-state index is 11.7. The van der Waals surface area contributed by atoms with E-state index in [-0.39, 0.29) is 18.6 Å². The molecule has 1 rings (SSSR count). The lowest BCUT2D eigenvalue weighted by molar-refractivity contribution is -0.115. The minimum absolute atomic E-state index is 0.256. The van der Waals surface area contributed by atoms with Crippen molar-refractivity contribution in [2.24, 2.45) is 0 Å². The van der Waals surface area contributed by atoms with Crippen LogP contribution in [-0.4, -0.2) is 18.5 Å². The van der Waals surface area contributed by atoms with Crippen molar-refractivity contribution in [3.63, 3.8) is 0 Å². The maximum absolute atomic E-state index is 11.7. The number of hydrogen-bond acceptors (Lipinski definition) is 4. The fraction of sp³-hybridized carbons (Fsp3) is 0.250. The molecule has 1 amide bonds. The molecule has 0 bridgehead atoms. The Morgan fingerprint density at radius 1 is 1.50 bits per heavy atom. The van der Waals surface area contributed by atoms with E-state index >= 15 is 0 Å². The number of carbonyl (C=O) groups excluding carboxylic acids is 2. The van der Waals surface area contributed by atoms with E-state index in [9.17, 15) is 9.59 Å². The van der Waals surface area contributed by atoms with Gasteiger partial charge in [0.2, 0.25) is 5.91 Å². The van der Waals surface area contributed by atoms with Crippen LogP contribution < -0.4 is 5.32 Å². The zero-order valence-corrected chi connectivity index (χ0v) is 11.9. The molecule has 0 aliphatic rings. The Balaban J connectivity index is 3.00. The summed E-state index contributed by atoms with van der Waals surface area (Å²) < 4.78 is 5.76. The number of halogens is 1. The van der Waals surface area contributed by atoms with Gasteiger partial charge in [-0.2, -0.15) is 5.26 Å². The lowest BCUT2D eigenvalue weighted by Crippen LogP contribution is -2.15. The number of nitrogens with one attached hydrogen (secondary N) is 1. The third-order valence-electron chi connectivity index (χ3n) is 1.99. The van der Waals surface area contributed by atoms with Gasteiger partial charge in [0, 0.05) is 3.57 Å². The fourth-order valence-electron chi connectivity index (χ4n) is 1.27. The van der Waals surface area contributed by atoms with E-state index in [4.69, 9.17) is 10.00 Å². The van der Waals surface area contributed by atoms with E-state index in [1.807, 2.05) is 0 Å². The second-order valence-electron chi connectivity index (χ2n) is 3.29. The Hall–Kier alpha value is -1.62. The highest BCUT2D eigenvalue weighted by molar-refractivity contribution is 14.1. The van der Waals surface area contributed by atoms with Crippen molar-refractivity contribution in [2.45, 2.75) is 13.3 Å². The smallest absolute Gasteiger partial charge is 0.340 e. The number of benzene rings is 1. The van der Waals surface area contributed by atoms with Crippen molar-refractivity contribution in [3.05, 3.63) is 27.3 Å². The van der Waals surface area contributed by atoms with Crippen molar-refractivity contribution >= 4 is 40.2 Å². The molecule has 0 atom stereocenters. The molecule has 0 fully saturated rings. The van der Waals surface area contributed by atoms with E-state index in [2.05, 4.69) is 27.9 Å². The Morgan fingerprint density at radius 3 is 2.83 bits per heavy atom. The van der Waals surface area contributed by atoms with Gasteiger partial charge in [0.05, 0.1) is 23.9 Å². The fourth-order valence-corrected chi connectivity index (χ4v) is 1.76. The lowest BCUT2D eigenvalue weighted by atomic mass is 10.1. The SMILES string of the molecule is CCOC(=O)c1cc(I)ccc1NC(=O)CC#N. The molecule has 0 aliphatic heterocycles. The summed E-state index contributed by atoms with van der Waals surface area (Å²) in [6, 6.07) is 6.74. The summed E-state index contributed by atoms with van der Waals surface area (Å²) in [4.78, 5) is 23.1. The predicted octanol–water partition coefficient (Wildman–Crippen LogP) is 2.32. The quantitative estimate of drug-likeness (QED) is 0.662. The summed E-state index contributed by atoms with van der Waals surface area (Å²) in [6.45, 7) is 1.97. The largest absolute Gasteiger partial charge is 0.462 e. The van der Waals surface area contributed by atoms with Crippen LogP contribution in [0.15, 0.2) is 18.2 Å². The number of esters is 1. The van der Waals surface area contributed by atoms with Gasteiger partial charge in [0.15, 0.2) is 0 Å².